The molecule has 1 aliphatic carbocycles. The average molecular weight is 601 g/mol. The summed E-state index contributed by atoms with van der Waals surface area (Å²) in [6, 6.07) is 54.7. The van der Waals surface area contributed by atoms with E-state index >= 15 is 0 Å². The number of allylic oxidation sites excluding steroid dienone is 4. The maximum absolute atomic E-state index is 5.07. The van der Waals surface area contributed by atoms with Gasteiger partial charge in [-0.15, -0.1) is 0 Å². The number of hydrogen-bond acceptors (Lipinski definition) is 1. The predicted octanol–water partition coefficient (Wildman–Crippen LogP) is 12.1. The molecule has 1 aliphatic rings. The Hall–Kier alpha value is -5.99. The van der Waals surface area contributed by atoms with E-state index in [1.165, 1.54) is 54.9 Å². The van der Waals surface area contributed by atoms with Crippen molar-refractivity contribution >= 4 is 38.2 Å². The molecule has 2 nitrogen and oxygen atoms in total. The largest absolute Gasteiger partial charge is 0.292 e. The third-order valence-electron chi connectivity index (χ3n) is 9.47. The normalized spacial score (nSPS) is 13.0. The molecular formula is C45H32N2. The Morgan fingerprint density at radius 2 is 1.13 bits per heavy atom. The molecule has 0 radical (unpaired) electrons. The Morgan fingerprint density at radius 3 is 1.87 bits per heavy atom. The van der Waals surface area contributed by atoms with Crippen LogP contribution < -0.4 is 0 Å². The summed E-state index contributed by atoms with van der Waals surface area (Å²) >= 11 is 0. The van der Waals surface area contributed by atoms with E-state index in [4.69, 9.17) is 4.98 Å². The molecule has 0 saturated carbocycles. The van der Waals surface area contributed by atoms with Crippen LogP contribution in [0.1, 0.15) is 18.4 Å². The smallest absolute Gasteiger partial charge is 0.145 e. The minimum absolute atomic E-state index is 0.946. The number of aromatic nitrogens is 2. The predicted molar refractivity (Wildman–Crippen MR) is 199 cm³/mol. The molecule has 0 amide bonds. The van der Waals surface area contributed by atoms with Gasteiger partial charge in [0.1, 0.15) is 5.82 Å². The zero-order valence-corrected chi connectivity index (χ0v) is 26.0. The number of benzene rings is 7. The van der Waals surface area contributed by atoms with Crippen molar-refractivity contribution in [2.45, 2.75) is 12.8 Å². The SMILES string of the molecule is C1=CCCC(c2c3ccccc3c(-c3ccc(-n4c(-c5ccccc5)nc5ccccc54)cc3)c3cc(-c4ccccc4)ccc23)=C1. The second-order valence-corrected chi connectivity index (χ2v) is 12.3. The fraction of sp³-hybridized carbons (Fsp3) is 0.0444. The lowest BCUT2D eigenvalue weighted by molar-refractivity contribution is 1.06. The molecule has 0 unspecified atom stereocenters. The van der Waals surface area contributed by atoms with E-state index in [1.54, 1.807) is 0 Å². The van der Waals surface area contributed by atoms with Gasteiger partial charge in [-0.25, -0.2) is 4.98 Å². The fourth-order valence-corrected chi connectivity index (χ4v) is 7.30. The molecule has 222 valence electrons. The van der Waals surface area contributed by atoms with Crippen LogP contribution in [0.2, 0.25) is 0 Å². The minimum atomic E-state index is 0.946. The van der Waals surface area contributed by atoms with Gasteiger partial charge in [0.25, 0.3) is 0 Å². The van der Waals surface area contributed by atoms with E-state index in [0.29, 0.717) is 0 Å². The summed E-state index contributed by atoms with van der Waals surface area (Å²) in [4.78, 5) is 5.07. The van der Waals surface area contributed by atoms with Gasteiger partial charge >= 0.3 is 0 Å². The first kappa shape index (κ1) is 27.3. The highest BCUT2D eigenvalue weighted by Gasteiger charge is 2.20. The highest BCUT2D eigenvalue weighted by Crippen LogP contribution is 2.44. The number of fused-ring (bicyclic) bond motifs is 3. The van der Waals surface area contributed by atoms with Gasteiger partial charge in [-0.1, -0.05) is 140 Å². The first-order chi connectivity index (χ1) is 23.3. The van der Waals surface area contributed by atoms with Crippen LogP contribution in [0.15, 0.2) is 170 Å². The molecule has 0 spiro atoms. The van der Waals surface area contributed by atoms with E-state index in [-0.39, 0.29) is 0 Å². The maximum atomic E-state index is 5.07. The van der Waals surface area contributed by atoms with Gasteiger partial charge in [0.05, 0.1) is 11.0 Å². The van der Waals surface area contributed by atoms with E-state index in [0.717, 1.165) is 41.0 Å². The summed E-state index contributed by atoms with van der Waals surface area (Å²) in [6.07, 6.45) is 8.91. The van der Waals surface area contributed by atoms with Crippen molar-refractivity contribution in [1.82, 2.24) is 9.55 Å². The van der Waals surface area contributed by atoms with Gasteiger partial charge in [-0.2, -0.15) is 0 Å². The Kier molecular flexibility index (Phi) is 6.64. The first-order valence-electron chi connectivity index (χ1n) is 16.4. The molecule has 9 rings (SSSR count). The lowest BCUT2D eigenvalue weighted by Gasteiger charge is -2.21. The summed E-state index contributed by atoms with van der Waals surface area (Å²) in [5, 5.41) is 5.17. The zero-order valence-electron chi connectivity index (χ0n) is 26.0. The topological polar surface area (TPSA) is 17.8 Å². The van der Waals surface area contributed by atoms with E-state index in [1.807, 2.05) is 0 Å². The summed E-state index contributed by atoms with van der Waals surface area (Å²) < 4.78 is 2.28. The number of imidazole rings is 1. The first-order valence-corrected chi connectivity index (χ1v) is 16.4. The highest BCUT2D eigenvalue weighted by atomic mass is 15.1. The summed E-state index contributed by atoms with van der Waals surface area (Å²) in [6.45, 7) is 0. The molecule has 8 aromatic rings. The van der Waals surface area contributed by atoms with E-state index in [2.05, 4.69) is 174 Å². The lowest BCUT2D eigenvalue weighted by Crippen LogP contribution is -1.98. The van der Waals surface area contributed by atoms with Crippen LogP contribution in [-0.2, 0) is 0 Å². The molecule has 0 fully saturated rings. The third-order valence-corrected chi connectivity index (χ3v) is 9.47. The standard InChI is InChI=1S/C45H32N2/c1-4-14-31(15-5-1)35-26-29-39-40(30-35)44(38-21-11-10-20-37(38)43(39)32-16-6-2-7-17-32)33-24-27-36(28-25-33)47-42-23-13-12-22-41(42)46-45(47)34-18-8-3-9-19-34/h1-6,8-16,18-30H,7,17H2. The van der Waals surface area contributed by atoms with Crippen molar-refractivity contribution in [3.8, 4) is 39.3 Å². The molecule has 2 heteroatoms. The van der Waals surface area contributed by atoms with Crippen molar-refractivity contribution in [3.05, 3.63) is 175 Å². The van der Waals surface area contributed by atoms with Crippen molar-refractivity contribution in [2.75, 3.05) is 0 Å². The Bertz CT molecular complexity index is 2480. The molecule has 7 aromatic carbocycles. The molecule has 47 heavy (non-hydrogen) atoms. The van der Waals surface area contributed by atoms with Crippen molar-refractivity contribution in [3.63, 3.8) is 0 Å². The van der Waals surface area contributed by atoms with Gasteiger partial charge < -0.3 is 0 Å². The second kappa shape index (κ2) is 11.4. The number of rotatable bonds is 5. The number of para-hydroxylation sites is 2. The molecule has 1 heterocycles. The van der Waals surface area contributed by atoms with Crippen LogP contribution in [-0.4, -0.2) is 9.55 Å². The van der Waals surface area contributed by atoms with Crippen LogP contribution in [0.25, 0.3) is 77.5 Å². The van der Waals surface area contributed by atoms with Crippen molar-refractivity contribution in [2.24, 2.45) is 0 Å². The van der Waals surface area contributed by atoms with Crippen LogP contribution >= 0.6 is 0 Å². The average Bonchev–Trinajstić information content (AvgIpc) is 3.54. The van der Waals surface area contributed by atoms with Gasteiger partial charge in [0.2, 0.25) is 0 Å². The Morgan fingerprint density at radius 1 is 0.489 bits per heavy atom. The van der Waals surface area contributed by atoms with Crippen LogP contribution in [0.4, 0.5) is 0 Å². The molecular weight excluding hydrogens is 569 g/mol. The van der Waals surface area contributed by atoms with Crippen molar-refractivity contribution < 1.29 is 0 Å². The Balaban J connectivity index is 1.29. The van der Waals surface area contributed by atoms with Gasteiger partial charge in [-0.05, 0) is 98.1 Å². The van der Waals surface area contributed by atoms with E-state index < -0.39 is 0 Å². The quantitative estimate of drug-likeness (QED) is 0.180. The highest BCUT2D eigenvalue weighted by molar-refractivity contribution is 6.19. The summed E-state index contributed by atoms with van der Waals surface area (Å²) in [5.41, 5.74) is 12.0. The monoisotopic (exact) mass is 600 g/mol. The van der Waals surface area contributed by atoms with Gasteiger partial charge in [0, 0.05) is 11.3 Å². The zero-order chi connectivity index (χ0) is 31.2. The number of nitrogens with zero attached hydrogens (tertiary/aromatic N) is 2. The molecule has 0 atom stereocenters. The maximum Gasteiger partial charge on any atom is 0.145 e. The number of hydrogen-bond donors (Lipinski definition) is 0. The summed E-state index contributed by atoms with van der Waals surface area (Å²) in [7, 11) is 0. The van der Waals surface area contributed by atoms with Gasteiger partial charge in [-0.3, -0.25) is 4.57 Å². The fourth-order valence-electron chi connectivity index (χ4n) is 7.30. The molecule has 1 aromatic heterocycles. The lowest BCUT2D eigenvalue weighted by atomic mass is 9.83. The van der Waals surface area contributed by atoms with Crippen molar-refractivity contribution in [1.29, 1.82) is 0 Å². The minimum Gasteiger partial charge on any atom is -0.292 e. The van der Waals surface area contributed by atoms with Crippen LogP contribution in [0, 0.1) is 0 Å². The second-order valence-electron chi connectivity index (χ2n) is 12.3. The summed E-state index contributed by atoms with van der Waals surface area (Å²) in [5.74, 6) is 0.946. The van der Waals surface area contributed by atoms with Crippen LogP contribution in [0.5, 0.6) is 0 Å². The molecule has 0 N–H and O–H groups in total. The van der Waals surface area contributed by atoms with Gasteiger partial charge in [0.15, 0.2) is 0 Å². The molecule has 0 saturated heterocycles. The molecule has 0 aliphatic heterocycles. The van der Waals surface area contributed by atoms with E-state index in [9.17, 15) is 0 Å². The third kappa shape index (κ3) is 4.69. The molecule has 0 bridgehead atoms. The van der Waals surface area contributed by atoms with Crippen LogP contribution in [0.3, 0.4) is 0 Å². The Labute approximate surface area is 274 Å².